The van der Waals surface area contributed by atoms with E-state index in [4.69, 9.17) is 4.74 Å². The van der Waals surface area contributed by atoms with Crippen LogP contribution in [0.5, 0.6) is 5.75 Å². The summed E-state index contributed by atoms with van der Waals surface area (Å²) in [4.78, 5) is 4.20. The average Bonchev–Trinajstić information content (AvgIpc) is 2.45. The van der Waals surface area contributed by atoms with Crippen LogP contribution in [-0.2, 0) is 6.54 Å². The summed E-state index contributed by atoms with van der Waals surface area (Å²) in [6.07, 6.45) is 3.77. The van der Waals surface area contributed by atoms with Gasteiger partial charge in [0.2, 0.25) is 0 Å². The van der Waals surface area contributed by atoms with E-state index in [2.05, 4.69) is 42.3 Å². The molecular weight excluding hydrogens is 236 g/mol. The van der Waals surface area contributed by atoms with Gasteiger partial charge in [-0.05, 0) is 42.7 Å². The highest BCUT2D eigenvalue weighted by molar-refractivity contribution is 5.30. The summed E-state index contributed by atoms with van der Waals surface area (Å²) in [5.74, 6) is 0.892. The van der Waals surface area contributed by atoms with E-state index in [1.165, 1.54) is 16.7 Å². The molecule has 0 saturated carbocycles. The topological polar surface area (TPSA) is 34.1 Å². The zero-order valence-electron chi connectivity index (χ0n) is 11.7. The van der Waals surface area contributed by atoms with Crippen molar-refractivity contribution in [3.63, 3.8) is 0 Å². The van der Waals surface area contributed by atoms with E-state index in [-0.39, 0.29) is 6.04 Å². The molecule has 1 N–H and O–H groups in total. The van der Waals surface area contributed by atoms with Crippen molar-refractivity contribution in [1.82, 2.24) is 10.3 Å². The predicted octanol–water partition coefficient (Wildman–Crippen LogP) is 3.25. The number of aromatic nitrogens is 1. The van der Waals surface area contributed by atoms with E-state index in [0.717, 1.165) is 12.3 Å². The van der Waals surface area contributed by atoms with E-state index in [0.29, 0.717) is 0 Å². The normalized spacial score (nSPS) is 12.2. The second-order valence-electron chi connectivity index (χ2n) is 4.75. The fourth-order valence-corrected chi connectivity index (χ4v) is 2.01. The van der Waals surface area contributed by atoms with Gasteiger partial charge in [-0.3, -0.25) is 4.98 Å². The van der Waals surface area contributed by atoms with Crippen molar-refractivity contribution in [2.24, 2.45) is 0 Å². The molecule has 0 bridgehead atoms. The third-order valence-electron chi connectivity index (χ3n) is 3.14. The first-order valence-corrected chi connectivity index (χ1v) is 6.47. The van der Waals surface area contributed by atoms with Crippen LogP contribution in [0, 0.1) is 6.92 Å². The summed E-state index contributed by atoms with van der Waals surface area (Å²) >= 11 is 0. The number of pyridine rings is 1. The number of nitrogens with one attached hydrogen (secondary N) is 1. The Balaban J connectivity index is 1.99. The van der Waals surface area contributed by atoms with Gasteiger partial charge in [0.15, 0.2) is 0 Å². The molecule has 2 rings (SSSR count). The average molecular weight is 256 g/mol. The van der Waals surface area contributed by atoms with Crippen molar-refractivity contribution in [3.05, 3.63) is 59.4 Å². The molecule has 0 radical (unpaired) electrons. The maximum Gasteiger partial charge on any atom is 0.119 e. The van der Waals surface area contributed by atoms with Crippen LogP contribution in [0.3, 0.4) is 0 Å². The van der Waals surface area contributed by atoms with Gasteiger partial charge in [0.1, 0.15) is 5.75 Å². The molecule has 0 saturated heterocycles. The van der Waals surface area contributed by atoms with Gasteiger partial charge in [0.25, 0.3) is 0 Å². The zero-order chi connectivity index (χ0) is 13.7. The highest BCUT2D eigenvalue weighted by Gasteiger charge is 2.06. The van der Waals surface area contributed by atoms with Gasteiger partial charge in [-0.1, -0.05) is 18.2 Å². The number of aryl methyl sites for hydroxylation is 1. The third kappa shape index (κ3) is 3.80. The maximum atomic E-state index is 5.25. The molecule has 2 aromatic rings. The van der Waals surface area contributed by atoms with Gasteiger partial charge < -0.3 is 10.1 Å². The molecule has 0 spiro atoms. The Labute approximate surface area is 114 Å². The minimum absolute atomic E-state index is 0.274. The number of rotatable bonds is 5. The quantitative estimate of drug-likeness (QED) is 0.891. The Kier molecular flexibility index (Phi) is 4.53. The third-order valence-corrected chi connectivity index (χ3v) is 3.14. The molecular formula is C16H20N2O. The summed E-state index contributed by atoms with van der Waals surface area (Å²) in [7, 11) is 1.69. The molecule has 0 aliphatic heterocycles. The largest absolute Gasteiger partial charge is 0.497 e. The van der Waals surface area contributed by atoms with Crippen molar-refractivity contribution in [1.29, 1.82) is 0 Å². The van der Waals surface area contributed by atoms with Gasteiger partial charge in [-0.15, -0.1) is 0 Å². The van der Waals surface area contributed by atoms with E-state index in [1.807, 2.05) is 24.5 Å². The van der Waals surface area contributed by atoms with Crippen molar-refractivity contribution in [3.8, 4) is 5.75 Å². The molecule has 0 unspecified atom stereocenters. The van der Waals surface area contributed by atoms with Crippen LogP contribution in [0.25, 0.3) is 0 Å². The first kappa shape index (κ1) is 13.6. The second kappa shape index (κ2) is 6.34. The summed E-state index contributed by atoms with van der Waals surface area (Å²) in [5, 5.41) is 3.50. The van der Waals surface area contributed by atoms with E-state index in [1.54, 1.807) is 7.11 Å². The van der Waals surface area contributed by atoms with Gasteiger partial charge in [0, 0.05) is 25.0 Å². The lowest BCUT2D eigenvalue weighted by atomic mass is 10.1. The SMILES string of the molecule is COc1cccc([C@H](C)NCc2cncc(C)c2)c1. The lowest BCUT2D eigenvalue weighted by Crippen LogP contribution is -2.18. The number of benzene rings is 1. The first-order chi connectivity index (χ1) is 9.19. The van der Waals surface area contributed by atoms with Crippen LogP contribution in [-0.4, -0.2) is 12.1 Å². The molecule has 3 nitrogen and oxygen atoms in total. The monoisotopic (exact) mass is 256 g/mol. The molecule has 1 aromatic heterocycles. The van der Waals surface area contributed by atoms with Gasteiger partial charge in [-0.2, -0.15) is 0 Å². The Hall–Kier alpha value is -1.87. The minimum atomic E-state index is 0.274. The van der Waals surface area contributed by atoms with E-state index >= 15 is 0 Å². The number of methoxy groups -OCH3 is 1. The molecule has 100 valence electrons. The van der Waals surface area contributed by atoms with Crippen LogP contribution in [0.15, 0.2) is 42.7 Å². The van der Waals surface area contributed by atoms with Crippen LogP contribution in [0.1, 0.15) is 29.7 Å². The summed E-state index contributed by atoms with van der Waals surface area (Å²) in [6, 6.07) is 10.6. The van der Waals surface area contributed by atoms with Crippen molar-refractivity contribution < 1.29 is 4.74 Å². The molecule has 0 amide bonds. The van der Waals surface area contributed by atoms with Crippen LogP contribution in [0.2, 0.25) is 0 Å². The molecule has 3 heteroatoms. The summed E-state index contributed by atoms with van der Waals surface area (Å²) < 4.78 is 5.25. The molecule has 1 atom stereocenters. The molecule has 0 aliphatic carbocycles. The number of nitrogens with zero attached hydrogens (tertiary/aromatic N) is 1. The minimum Gasteiger partial charge on any atom is -0.497 e. The van der Waals surface area contributed by atoms with Crippen LogP contribution >= 0.6 is 0 Å². The Morgan fingerprint density at radius 1 is 1.26 bits per heavy atom. The standard InChI is InChI=1S/C16H20N2O/c1-12-7-14(10-17-9-12)11-18-13(2)15-5-4-6-16(8-15)19-3/h4-10,13,18H,11H2,1-3H3/t13-/m0/s1. The Bertz CT molecular complexity index is 540. The number of hydrogen-bond donors (Lipinski definition) is 1. The molecule has 1 heterocycles. The van der Waals surface area contributed by atoms with Gasteiger partial charge >= 0.3 is 0 Å². The first-order valence-electron chi connectivity index (χ1n) is 6.47. The van der Waals surface area contributed by atoms with Gasteiger partial charge in [-0.25, -0.2) is 0 Å². The smallest absolute Gasteiger partial charge is 0.119 e. The van der Waals surface area contributed by atoms with Gasteiger partial charge in [0.05, 0.1) is 7.11 Å². The molecule has 19 heavy (non-hydrogen) atoms. The van der Waals surface area contributed by atoms with Crippen LogP contribution in [0.4, 0.5) is 0 Å². The predicted molar refractivity (Wildman–Crippen MR) is 77.2 cm³/mol. The number of hydrogen-bond acceptors (Lipinski definition) is 3. The molecule has 0 fully saturated rings. The zero-order valence-corrected chi connectivity index (χ0v) is 11.7. The summed E-state index contributed by atoms with van der Waals surface area (Å²) in [5.41, 5.74) is 3.61. The highest BCUT2D eigenvalue weighted by Crippen LogP contribution is 2.19. The lowest BCUT2D eigenvalue weighted by Gasteiger charge is -2.15. The summed E-state index contributed by atoms with van der Waals surface area (Å²) in [6.45, 7) is 5.02. The molecule has 0 aliphatic rings. The fraction of sp³-hybridized carbons (Fsp3) is 0.312. The van der Waals surface area contributed by atoms with Crippen molar-refractivity contribution in [2.45, 2.75) is 26.4 Å². The Morgan fingerprint density at radius 2 is 2.11 bits per heavy atom. The lowest BCUT2D eigenvalue weighted by molar-refractivity contribution is 0.413. The molecule has 1 aromatic carbocycles. The maximum absolute atomic E-state index is 5.25. The Morgan fingerprint density at radius 3 is 2.84 bits per heavy atom. The second-order valence-corrected chi connectivity index (χ2v) is 4.75. The van der Waals surface area contributed by atoms with Crippen molar-refractivity contribution in [2.75, 3.05) is 7.11 Å². The van der Waals surface area contributed by atoms with Crippen LogP contribution < -0.4 is 10.1 Å². The van der Waals surface area contributed by atoms with E-state index < -0.39 is 0 Å². The van der Waals surface area contributed by atoms with Crippen molar-refractivity contribution >= 4 is 0 Å². The highest BCUT2D eigenvalue weighted by atomic mass is 16.5. The van der Waals surface area contributed by atoms with E-state index in [9.17, 15) is 0 Å². The fourth-order valence-electron chi connectivity index (χ4n) is 2.01. The number of ether oxygens (including phenoxy) is 1.